The molecule has 1 aromatic heterocycles. The summed E-state index contributed by atoms with van der Waals surface area (Å²) in [6, 6.07) is 0. The highest BCUT2D eigenvalue weighted by atomic mass is 16.2. The maximum Gasteiger partial charge on any atom is 0.257 e. The average Bonchev–Trinajstić information content (AvgIpc) is 3.29. The quantitative estimate of drug-likeness (QED) is 0.776. The Morgan fingerprint density at radius 3 is 2.38 bits per heavy atom. The van der Waals surface area contributed by atoms with Crippen LogP contribution in [0.1, 0.15) is 72.7 Å². The predicted octanol–water partition coefficient (Wildman–Crippen LogP) is 2.21. The summed E-state index contributed by atoms with van der Waals surface area (Å²) in [5.41, 5.74) is 1.41. The van der Waals surface area contributed by atoms with E-state index in [4.69, 9.17) is 4.98 Å². The first-order chi connectivity index (χ1) is 14.1. The van der Waals surface area contributed by atoms with E-state index in [1.165, 1.54) is 6.42 Å². The molecule has 2 amide bonds. The van der Waals surface area contributed by atoms with E-state index < -0.39 is 0 Å². The summed E-state index contributed by atoms with van der Waals surface area (Å²) in [6.07, 6.45) is 9.44. The van der Waals surface area contributed by atoms with Gasteiger partial charge in [0.15, 0.2) is 0 Å². The Balaban J connectivity index is 1.39. The highest BCUT2D eigenvalue weighted by molar-refractivity contribution is 5.95. The summed E-state index contributed by atoms with van der Waals surface area (Å²) < 4.78 is 0. The van der Waals surface area contributed by atoms with Gasteiger partial charge in [-0.15, -0.1) is 0 Å². The molecule has 3 aliphatic heterocycles. The molecule has 3 aliphatic rings. The Bertz CT molecular complexity index is 741. The molecule has 4 heterocycles. The second-order valence-corrected chi connectivity index (χ2v) is 8.74. The number of rotatable bonds is 4. The highest BCUT2D eigenvalue weighted by Gasteiger charge is 2.28. The fourth-order valence-corrected chi connectivity index (χ4v) is 4.83. The molecule has 0 spiro atoms. The van der Waals surface area contributed by atoms with Crippen molar-refractivity contribution < 1.29 is 9.59 Å². The third-order valence-corrected chi connectivity index (χ3v) is 6.56. The molecule has 0 unspecified atom stereocenters. The molecule has 7 heteroatoms. The zero-order valence-corrected chi connectivity index (χ0v) is 17.6. The zero-order chi connectivity index (χ0) is 20.2. The van der Waals surface area contributed by atoms with Crippen molar-refractivity contribution in [1.82, 2.24) is 24.7 Å². The van der Waals surface area contributed by atoms with Crippen molar-refractivity contribution in [2.24, 2.45) is 0 Å². The first-order valence-corrected chi connectivity index (χ1v) is 11.2. The maximum atomic E-state index is 12.8. The monoisotopic (exact) mass is 399 g/mol. The van der Waals surface area contributed by atoms with Crippen molar-refractivity contribution in [3.05, 3.63) is 23.3 Å². The van der Waals surface area contributed by atoms with Crippen molar-refractivity contribution in [1.29, 1.82) is 0 Å². The van der Waals surface area contributed by atoms with Crippen molar-refractivity contribution in [2.45, 2.75) is 57.8 Å². The smallest absolute Gasteiger partial charge is 0.257 e. The van der Waals surface area contributed by atoms with Crippen LogP contribution in [-0.2, 0) is 4.79 Å². The Morgan fingerprint density at radius 2 is 1.66 bits per heavy atom. The molecule has 0 saturated carbocycles. The Kier molecular flexibility index (Phi) is 6.43. The number of hydrogen-bond donors (Lipinski definition) is 0. The molecule has 0 N–H and O–H groups in total. The summed E-state index contributed by atoms with van der Waals surface area (Å²) in [5, 5.41) is 0. The van der Waals surface area contributed by atoms with Crippen LogP contribution in [0.4, 0.5) is 0 Å². The Hall–Kier alpha value is -2.02. The highest BCUT2D eigenvalue weighted by Crippen LogP contribution is 2.25. The summed E-state index contributed by atoms with van der Waals surface area (Å²) in [5.74, 6) is 1.36. The third-order valence-electron chi connectivity index (χ3n) is 6.56. The van der Waals surface area contributed by atoms with Gasteiger partial charge in [0.1, 0.15) is 5.82 Å². The van der Waals surface area contributed by atoms with Gasteiger partial charge >= 0.3 is 0 Å². The van der Waals surface area contributed by atoms with E-state index in [-0.39, 0.29) is 17.7 Å². The summed E-state index contributed by atoms with van der Waals surface area (Å²) in [7, 11) is 0. The molecule has 0 aliphatic carbocycles. The molecule has 1 atom stereocenters. The number of likely N-dealkylation sites (tertiary alicyclic amines) is 3. The Morgan fingerprint density at radius 1 is 0.966 bits per heavy atom. The third kappa shape index (κ3) is 4.77. The van der Waals surface area contributed by atoms with Gasteiger partial charge in [0.05, 0.1) is 17.8 Å². The number of hydrogen-bond acceptors (Lipinski definition) is 5. The normalized spacial score (nSPS) is 23.4. The van der Waals surface area contributed by atoms with Crippen molar-refractivity contribution in [3.63, 3.8) is 0 Å². The van der Waals surface area contributed by atoms with Gasteiger partial charge in [0.25, 0.3) is 5.91 Å². The van der Waals surface area contributed by atoms with Gasteiger partial charge in [-0.2, -0.15) is 0 Å². The van der Waals surface area contributed by atoms with Gasteiger partial charge in [0.2, 0.25) is 5.91 Å². The van der Waals surface area contributed by atoms with Crippen LogP contribution >= 0.6 is 0 Å². The second kappa shape index (κ2) is 9.20. The predicted molar refractivity (Wildman–Crippen MR) is 111 cm³/mol. The van der Waals surface area contributed by atoms with E-state index in [9.17, 15) is 9.59 Å². The molecule has 3 fully saturated rings. The first-order valence-electron chi connectivity index (χ1n) is 11.2. The molecule has 0 radical (unpaired) electrons. The minimum atomic E-state index is 0.0650. The van der Waals surface area contributed by atoms with Crippen LogP contribution in [-0.4, -0.2) is 82.3 Å². The van der Waals surface area contributed by atoms with E-state index in [1.807, 2.05) is 16.7 Å². The number of nitrogens with zero attached hydrogens (tertiary/aromatic N) is 5. The lowest BCUT2D eigenvalue weighted by molar-refractivity contribution is -0.131. The zero-order valence-electron chi connectivity index (χ0n) is 17.6. The van der Waals surface area contributed by atoms with Gasteiger partial charge in [-0.1, -0.05) is 0 Å². The van der Waals surface area contributed by atoms with Crippen LogP contribution in [0.2, 0.25) is 0 Å². The first kappa shape index (κ1) is 20.3. The minimum Gasteiger partial charge on any atom is -0.342 e. The van der Waals surface area contributed by atoms with Crippen molar-refractivity contribution in [2.75, 3.05) is 45.8 Å². The fraction of sp³-hybridized carbons (Fsp3) is 0.727. The molecule has 158 valence electrons. The fourth-order valence-electron chi connectivity index (χ4n) is 4.83. The summed E-state index contributed by atoms with van der Waals surface area (Å²) in [4.78, 5) is 40.8. The Labute approximate surface area is 173 Å². The lowest BCUT2D eigenvalue weighted by Crippen LogP contribution is -2.43. The lowest BCUT2D eigenvalue weighted by atomic mass is 9.96. The molecule has 0 aromatic carbocycles. The SMILES string of the molecule is Cc1nc([C@@H]2CCCN(CC(=O)N3CCCC3)C2)ncc1C(=O)N1CCCCC1. The molecule has 29 heavy (non-hydrogen) atoms. The van der Waals surface area contributed by atoms with Crippen LogP contribution in [0, 0.1) is 6.92 Å². The molecule has 4 rings (SSSR count). The summed E-state index contributed by atoms with van der Waals surface area (Å²) in [6.45, 7) is 7.68. The standard InChI is InChI=1S/C22H33N5O2/c1-17-19(22(29)27-12-3-2-4-13-27)14-23-21(24-17)18-8-7-9-25(15-18)16-20(28)26-10-5-6-11-26/h14,18H,2-13,15-16H2,1H3/t18-/m1/s1. The van der Waals surface area contributed by atoms with Gasteiger partial charge in [-0.05, 0) is 58.4 Å². The maximum absolute atomic E-state index is 12.8. The van der Waals surface area contributed by atoms with Crippen LogP contribution in [0.15, 0.2) is 6.20 Å². The van der Waals surface area contributed by atoms with Crippen LogP contribution in [0.3, 0.4) is 0 Å². The second-order valence-electron chi connectivity index (χ2n) is 8.74. The number of carbonyl (C=O) groups is 2. The molecular weight excluding hydrogens is 366 g/mol. The number of carbonyl (C=O) groups excluding carboxylic acids is 2. The lowest BCUT2D eigenvalue weighted by Gasteiger charge is -2.32. The van der Waals surface area contributed by atoms with E-state index in [0.29, 0.717) is 12.1 Å². The molecule has 3 saturated heterocycles. The van der Waals surface area contributed by atoms with Gasteiger partial charge < -0.3 is 9.80 Å². The van der Waals surface area contributed by atoms with E-state index in [2.05, 4.69) is 9.88 Å². The summed E-state index contributed by atoms with van der Waals surface area (Å²) >= 11 is 0. The molecule has 0 bridgehead atoms. The number of piperidine rings is 2. The molecular formula is C22H33N5O2. The topological polar surface area (TPSA) is 69.6 Å². The minimum absolute atomic E-state index is 0.0650. The number of aryl methyl sites for hydroxylation is 1. The van der Waals surface area contributed by atoms with Crippen LogP contribution in [0.25, 0.3) is 0 Å². The number of aromatic nitrogens is 2. The largest absolute Gasteiger partial charge is 0.342 e. The van der Waals surface area contributed by atoms with Crippen molar-refractivity contribution in [3.8, 4) is 0 Å². The van der Waals surface area contributed by atoms with Gasteiger partial charge in [-0.3, -0.25) is 14.5 Å². The van der Waals surface area contributed by atoms with E-state index in [1.54, 1.807) is 6.20 Å². The number of amides is 2. The van der Waals surface area contributed by atoms with Crippen LogP contribution in [0.5, 0.6) is 0 Å². The molecule has 7 nitrogen and oxygen atoms in total. The van der Waals surface area contributed by atoms with Gasteiger partial charge in [-0.25, -0.2) is 9.97 Å². The van der Waals surface area contributed by atoms with E-state index >= 15 is 0 Å². The van der Waals surface area contributed by atoms with Crippen molar-refractivity contribution >= 4 is 11.8 Å². The van der Waals surface area contributed by atoms with E-state index in [0.717, 1.165) is 89.3 Å². The van der Waals surface area contributed by atoms with Gasteiger partial charge in [0, 0.05) is 44.8 Å². The van der Waals surface area contributed by atoms with Crippen LogP contribution < -0.4 is 0 Å². The molecule has 1 aromatic rings. The average molecular weight is 400 g/mol.